The molecular formula is C16H16Cl2N2O. The highest BCUT2D eigenvalue weighted by Gasteiger charge is 2.23. The number of nitrogens with one attached hydrogen (secondary N) is 1. The molecule has 1 aromatic heterocycles. The molecule has 1 aromatic carbocycles. The summed E-state index contributed by atoms with van der Waals surface area (Å²) in [6.45, 7) is 2.75. The molecule has 1 N–H and O–H groups in total. The van der Waals surface area contributed by atoms with Crippen LogP contribution in [0.2, 0.25) is 10.0 Å². The van der Waals surface area contributed by atoms with Crippen molar-refractivity contribution < 1.29 is 4.74 Å². The van der Waals surface area contributed by atoms with E-state index in [1.807, 2.05) is 31.2 Å². The Hall–Kier alpha value is -1.45. The van der Waals surface area contributed by atoms with E-state index < -0.39 is 0 Å². The first-order valence-electron chi connectivity index (χ1n) is 7.04. The zero-order valence-electron chi connectivity index (χ0n) is 11.7. The molecule has 0 unspecified atom stereocenters. The van der Waals surface area contributed by atoms with Gasteiger partial charge in [0.2, 0.25) is 0 Å². The number of benzene rings is 1. The quantitative estimate of drug-likeness (QED) is 0.838. The molecule has 0 saturated heterocycles. The monoisotopic (exact) mass is 322 g/mol. The molecule has 0 bridgehead atoms. The lowest BCUT2D eigenvalue weighted by Crippen LogP contribution is -2.01. The van der Waals surface area contributed by atoms with Gasteiger partial charge in [0.15, 0.2) is 0 Å². The summed E-state index contributed by atoms with van der Waals surface area (Å²) in [5, 5.41) is 4.19. The Balaban J connectivity index is 1.96. The Morgan fingerprint density at radius 3 is 2.76 bits per heavy atom. The first kappa shape index (κ1) is 14.5. The van der Waals surface area contributed by atoms with Crippen LogP contribution in [0.15, 0.2) is 30.3 Å². The maximum absolute atomic E-state index is 6.29. The molecule has 3 nitrogen and oxygen atoms in total. The Morgan fingerprint density at radius 2 is 2.05 bits per heavy atom. The van der Waals surface area contributed by atoms with Crippen molar-refractivity contribution in [1.82, 2.24) is 4.98 Å². The molecule has 0 atom stereocenters. The minimum absolute atomic E-state index is 0.367. The fraction of sp³-hybridized carbons (Fsp3) is 0.312. The summed E-state index contributed by atoms with van der Waals surface area (Å²) in [6, 6.07) is 9.56. The highest BCUT2D eigenvalue weighted by Crippen LogP contribution is 2.35. The van der Waals surface area contributed by atoms with Crippen LogP contribution in [0.5, 0.6) is 5.75 Å². The normalized spacial score (nSPS) is 14.0. The van der Waals surface area contributed by atoms with Crippen LogP contribution in [0.1, 0.15) is 19.8 Å². The topological polar surface area (TPSA) is 34.2 Å². The van der Waals surface area contributed by atoms with Gasteiger partial charge in [-0.25, -0.2) is 4.98 Å². The van der Waals surface area contributed by atoms with Gasteiger partial charge >= 0.3 is 0 Å². The van der Waals surface area contributed by atoms with E-state index in [1.54, 1.807) is 6.07 Å². The fourth-order valence-corrected chi connectivity index (χ4v) is 2.59. The first-order chi connectivity index (χ1) is 10.2. The Kier molecular flexibility index (Phi) is 4.22. The number of anilines is 1. The van der Waals surface area contributed by atoms with Crippen molar-refractivity contribution in [2.75, 3.05) is 11.9 Å². The van der Waals surface area contributed by atoms with Crippen LogP contribution in [0.3, 0.4) is 0 Å². The summed E-state index contributed by atoms with van der Waals surface area (Å²) in [5.74, 6) is 1.50. The Morgan fingerprint density at radius 1 is 1.24 bits per heavy atom. The van der Waals surface area contributed by atoms with E-state index in [2.05, 4.69) is 10.3 Å². The molecule has 110 valence electrons. The zero-order chi connectivity index (χ0) is 14.8. The van der Waals surface area contributed by atoms with Gasteiger partial charge in [-0.15, -0.1) is 0 Å². The standard InChI is InChI=1S/C16H16Cl2N2O/c1-2-19-16-14(18)9-13(17)15(20-16)10-4-3-5-12(8-10)21-11-6-7-11/h3-5,8-9,11H,2,6-7H2,1H3,(H,19,20). The summed E-state index contributed by atoms with van der Waals surface area (Å²) in [5.41, 5.74) is 1.63. The van der Waals surface area contributed by atoms with E-state index in [0.717, 1.165) is 30.7 Å². The number of pyridine rings is 1. The van der Waals surface area contributed by atoms with Crippen molar-refractivity contribution in [3.63, 3.8) is 0 Å². The van der Waals surface area contributed by atoms with E-state index in [4.69, 9.17) is 27.9 Å². The van der Waals surface area contributed by atoms with Crippen LogP contribution in [0.25, 0.3) is 11.3 Å². The molecule has 2 aromatic rings. The van der Waals surface area contributed by atoms with Crippen LogP contribution in [0, 0.1) is 0 Å². The van der Waals surface area contributed by atoms with Gasteiger partial charge in [-0.3, -0.25) is 0 Å². The summed E-state index contributed by atoms with van der Waals surface area (Å²) in [4.78, 5) is 4.54. The van der Waals surface area contributed by atoms with Crippen LogP contribution in [0.4, 0.5) is 5.82 Å². The van der Waals surface area contributed by atoms with Crippen LogP contribution in [-0.4, -0.2) is 17.6 Å². The molecule has 1 aliphatic carbocycles. The van der Waals surface area contributed by atoms with Gasteiger partial charge in [0.05, 0.1) is 21.8 Å². The number of aromatic nitrogens is 1. The van der Waals surface area contributed by atoms with Gasteiger partial charge < -0.3 is 10.1 Å². The summed E-state index contributed by atoms with van der Waals surface area (Å²) in [7, 11) is 0. The van der Waals surface area contributed by atoms with E-state index in [9.17, 15) is 0 Å². The minimum atomic E-state index is 0.367. The molecule has 1 heterocycles. The zero-order valence-corrected chi connectivity index (χ0v) is 13.2. The van der Waals surface area contributed by atoms with Gasteiger partial charge in [-0.1, -0.05) is 35.3 Å². The van der Waals surface area contributed by atoms with Gasteiger partial charge in [0, 0.05) is 12.1 Å². The van der Waals surface area contributed by atoms with Crippen molar-refractivity contribution in [2.45, 2.75) is 25.9 Å². The molecule has 0 spiro atoms. The molecule has 5 heteroatoms. The lowest BCUT2D eigenvalue weighted by molar-refractivity contribution is 0.303. The number of hydrogen-bond donors (Lipinski definition) is 1. The Bertz CT molecular complexity index is 657. The molecule has 0 amide bonds. The van der Waals surface area contributed by atoms with Gasteiger partial charge in [-0.05, 0) is 38.0 Å². The third kappa shape index (κ3) is 3.42. The summed E-state index contributed by atoms with van der Waals surface area (Å²) < 4.78 is 5.82. The second-order valence-corrected chi connectivity index (χ2v) is 5.84. The molecule has 0 aliphatic heterocycles. The van der Waals surface area contributed by atoms with Crippen LogP contribution < -0.4 is 10.1 Å². The first-order valence-corrected chi connectivity index (χ1v) is 7.80. The molecule has 1 fully saturated rings. The van der Waals surface area contributed by atoms with Gasteiger partial charge in [0.25, 0.3) is 0 Å². The third-order valence-electron chi connectivity index (χ3n) is 3.21. The highest BCUT2D eigenvalue weighted by atomic mass is 35.5. The number of ether oxygens (including phenoxy) is 1. The second-order valence-electron chi connectivity index (χ2n) is 5.02. The molecule has 0 radical (unpaired) electrons. The largest absolute Gasteiger partial charge is 0.490 e. The predicted molar refractivity (Wildman–Crippen MR) is 87.5 cm³/mol. The van der Waals surface area contributed by atoms with E-state index in [1.165, 1.54) is 0 Å². The van der Waals surface area contributed by atoms with Gasteiger partial charge in [-0.2, -0.15) is 0 Å². The number of hydrogen-bond acceptors (Lipinski definition) is 3. The van der Waals surface area contributed by atoms with Crippen LogP contribution >= 0.6 is 23.2 Å². The maximum atomic E-state index is 6.29. The minimum Gasteiger partial charge on any atom is -0.490 e. The molecular weight excluding hydrogens is 307 g/mol. The lowest BCUT2D eigenvalue weighted by atomic mass is 10.1. The number of rotatable bonds is 5. The van der Waals surface area contributed by atoms with E-state index in [-0.39, 0.29) is 0 Å². The van der Waals surface area contributed by atoms with Crippen molar-refractivity contribution in [1.29, 1.82) is 0 Å². The van der Waals surface area contributed by atoms with Gasteiger partial charge in [0.1, 0.15) is 11.6 Å². The summed E-state index contributed by atoms with van der Waals surface area (Å²) in [6.07, 6.45) is 2.63. The lowest BCUT2D eigenvalue weighted by Gasteiger charge is -2.11. The molecule has 1 saturated carbocycles. The van der Waals surface area contributed by atoms with Crippen molar-refractivity contribution in [3.8, 4) is 17.0 Å². The average Bonchev–Trinajstić information content (AvgIpc) is 3.26. The maximum Gasteiger partial charge on any atom is 0.145 e. The smallest absolute Gasteiger partial charge is 0.145 e. The molecule has 21 heavy (non-hydrogen) atoms. The SMILES string of the molecule is CCNc1nc(-c2cccc(OC3CC3)c2)c(Cl)cc1Cl. The average molecular weight is 323 g/mol. The molecule has 1 aliphatic rings. The molecule has 3 rings (SSSR count). The van der Waals surface area contributed by atoms with Crippen molar-refractivity contribution in [2.24, 2.45) is 0 Å². The van der Waals surface area contributed by atoms with E-state index in [0.29, 0.717) is 27.7 Å². The number of nitrogens with zero attached hydrogens (tertiary/aromatic N) is 1. The van der Waals surface area contributed by atoms with Crippen molar-refractivity contribution >= 4 is 29.0 Å². The Labute approximate surface area is 134 Å². The number of halogens is 2. The second kappa shape index (κ2) is 6.12. The van der Waals surface area contributed by atoms with Crippen LogP contribution in [-0.2, 0) is 0 Å². The highest BCUT2D eigenvalue weighted by molar-refractivity contribution is 6.37. The third-order valence-corrected chi connectivity index (χ3v) is 3.78. The summed E-state index contributed by atoms with van der Waals surface area (Å²) >= 11 is 12.4. The van der Waals surface area contributed by atoms with Crippen molar-refractivity contribution in [3.05, 3.63) is 40.4 Å². The van der Waals surface area contributed by atoms with E-state index >= 15 is 0 Å². The fourth-order valence-electron chi connectivity index (χ4n) is 2.06. The predicted octanol–water partition coefficient (Wildman–Crippen LogP) is 5.03.